The molecular weight excluding hydrogens is 274 g/mol. The van der Waals surface area contributed by atoms with Gasteiger partial charge in [0.1, 0.15) is 5.52 Å². The van der Waals surface area contributed by atoms with E-state index in [1.807, 2.05) is 0 Å². The summed E-state index contributed by atoms with van der Waals surface area (Å²) in [5.74, 6) is -1.02. The van der Waals surface area contributed by atoms with Crippen molar-refractivity contribution in [2.75, 3.05) is 31.7 Å². The first kappa shape index (κ1) is 14.8. The maximum Gasteiger partial charge on any atom is 0.335 e. The smallest absolute Gasteiger partial charge is 0.335 e. The largest absolute Gasteiger partial charge is 0.478 e. The summed E-state index contributed by atoms with van der Waals surface area (Å²) in [6, 6.07) is 6.95. The van der Waals surface area contributed by atoms with Crippen LogP contribution < -0.4 is 4.90 Å². The lowest BCUT2D eigenvalue weighted by atomic mass is 10.2. The van der Waals surface area contributed by atoms with Gasteiger partial charge in [0.25, 0.3) is 6.01 Å². The molecule has 0 aliphatic carbocycles. The summed E-state index contributed by atoms with van der Waals surface area (Å²) >= 11 is 0. The second-order valence-electron chi connectivity index (χ2n) is 4.37. The molecule has 0 bridgehead atoms. The highest BCUT2D eigenvalue weighted by Gasteiger charge is 2.15. The summed E-state index contributed by atoms with van der Waals surface area (Å²) in [6.07, 6.45) is 0.336. The number of nitriles is 1. The lowest BCUT2D eigenvalue weighted by Gasteiger charge is -2.18. The van der Waals surface area contributed by atoms with Crippen molar-refractivity contribution in [2.24, 2.45) is 0 Å². The molecule has 0 saturated heterocycles. The van der Waals surface area contributed by atoms with Crippen molar-refractivity contribution < 1.29 is 19.1 Å². The van der Waals surface area contributed by atoms with Gasteiger partial charge in [0.2, 0.25) is 0 Å². The first-order chi connectivity index (χ1) is 10.2. The molecule has 0 saturated carbocycles. The number of benzene rings is 1. The van der Waals surface area contributed by atoms with Gasteiger partial charge in [0.05, 0.1) is 24.7 Å². The first-order valence-electron chi connectivity index (χ1n) is 6.40. The lowest BCUT2D eigenvalue weighted by Crippen LogP contribution is -2.28. The van der Waals surface area contributed by atoms with Gasteiger partial charge < -0.3 is 19.2 Å². The summed E-state index contributed by atoms with van der Waals surface area (Å²) in [4.78, 5) is 17.1. The number of methoxy groups -OCH3 is 1. The van der Waals surface area contributed by atoms with E-state index >= 15 is 0 Å². The molecule has 0 aliphatic heterocycles. The van der Waals surface area contributed by atoms with Crippen LogP contribution in [-0.4, -0.2) is 42.9 Å². The highest BCUT2D eigenvalue weighted by Crippen LogP contribution is 2.23. The van der Waals surface area contributed by atoms with E-state index in [-0.39, 0.29) is 5.56 Å². The van der Waals surface area contributed by atoms with Crippen molar-refractivity contribution in [2.45, 2.75) is 6.42 Å². The number of fused-ring (bicyclic) bond motifs is 1. The van der Waals surface area contributed by atoms with Crippen LogP contribution in [0.5, 0.6) is 0 Å². The van der Waals surface area contributed by atoms with Gasteiger partial charge >= 0.3 is 5.97 Å². The Hall–Kier alpha value is -2.59. The molecule has 1 aromatic heterocycles. The van der Waals surface area contributed by atoms with E-state index in [1.54, 1.807) is 18.1 Å². The Bertz CT molecular complexity index is 674. The molecule has 2 aromatic rings. The Morgan fingerprint density at radius 3 is 3.00 bits per heavy atom. The van der Waals surface area contributed by atoms with Crippen LogP contribution in [0.4, 0.5) is 6.01 Å². The number of aromatic carboxylic acids is 1. The second kappa shape index (κ2) is 6.72. The van der Waals surface area contributed by atoms with Crippen LogP contribution in [0.25, 0.3) is 11.1 Å². The highest BCUT2D eigenvalue weighted by molar-refractivity contribution is 5.92. The van der Waals surface area contributed by atoms with Crippen LogP contribution in [0, 0.1) is 11.3 Å². The third kappa shape index (κ3) is 3.49. The van der Waals surface area contributed by atoms with Crippen LogP contribution >= 0.6 is 0 Å². The molecule has 2 rings (SSSR count). The maximum absolute atomic E-state index is 10.9. The van der Waals surface area contributed by atoms with Crippen molar-refractivity contribution in [3.8, 4) is 6.07 Å². The zero-order valence-electron chi connectivity index (χ0n) is 11.6. The Kier molecular flexibility index (Phi) is 4.74. The number of nitrogens with zero attached hydrogens (tertiary/aromatic N) is 3. The molecule has 1 heterocycles. The summed E-state index contributed by atoms with van der Waals surface area (Å²) in [7, 11) is 1.59. The van der Waals surface area contributed by atoms with Gasteiger partial charge in [-0.05, 0) is 18.2 Å². The van der Waals surface area contributed by atoms with E-state index in [1.165, 1.54) is 12.1 Å². The Labute approximate surface area is 121 Å². The van der Waals surface area contributed by atoms with E-state index in [2.05, 4.69) is 11.1 Å². The fraction of sp³-hybridized carbons (Fsp3) is 0.357. The molecule has 0 amide bonds. The second-order valence-corrected chi connectivity index (χ2v) is 4.37. The Morgan fingerprint density at radius 2 is 2.33 bits per heavy atom. The predicted molar refractivity (Wildman–Crippen MR) is 75.3 cm³/mol. The number of ether oxygens (including phenoxy) is 1. The van der Waals surface area contributed by atoms with E-state index in [4.69, 9.17) is 19.5 Å². The minimum absolute atomic E-state index is 0.144. The van der Waals surface area contributed by atoms with Crippen LogP contribution in [0.15, 0.2) is 22.6 Å². The maximum atomic E-state index is 10.9. The van der Waals surface area contributed by atoms with Crippen LogP contribution in [-0.2, 0) is 4.74 Å². The van der Waals surface area contributed by atoms with E-state index in [9.17, 15) is 4.79 Å². The average Bonchev–Trinajstić information content (AvgIpc) is 2.90. The van der Waals surface area contributed by atoms with Gasteiger partial charge in [-0.3, -0.25) is 0 Å². The third-order valence-corrected chi connectivity index (χ3v) is 2.95. The molecule has 0 radical (unpaired) electrons. The first-order valence-corrected chi connectivity index (χ1v) is 6.40. The minimum Gasteiger partial charge on any atom is -0.478 e. The molecule has 1 N–H and O–H groups in total. The number of anilines is 1. The number of hydrogen-bond acceptors (Lipinski definition) is 6. The van der Waals surface area contributed by atoms with Crippen molar-refractivity contribution >= 4 is 23.1 Å². The topological polar surface area (TPSA) is 99.6 Å². The lowest BCUT2D eigenvalue weighted by molar-refractivity contribution is 0.0697. The molecule has 0 unspecified atom stereocenters. The molecule has 0 aliphatic rings. The summed E-state index contributed by atoms with van der Waals surface area (Å²) in [5.41, 5.74) is 1.13. The van der Waals surface area contributed by atoms with Gasteiger partial charge in [-0.2, -0.15) is 10.2 Å². The number of oxazole rings is 1. The van der Waals surface area contributed by atoms with Crippen LogP contribution in [0.3, 0.4) is 0 Å². The molecular formula is C14H15N3O4. The number of hydrogen-bond donors (Lipinski definition) is 1. The van der Waals surface area contributed by atoms with Crippen molar-refractivity contribution in [3.05, 3.63) is 23.8 Å². The van der Waals surface area contributed by atoms with Crippen LogP contribution in [0.1, 0.15) is 16.8 Å². The molecule has 21 heavy (non-hydrogen) atoms. The molecule has 1 aromatic carbocycles. The quantitative estimate of drug-likeness (QED) is 0.830. The highest BCUT2D eigenvalue weighted by atomic mass is 16.5. The monoisotopic (exact) mass is 289 g/mol. The SMILES string of the molecule is COCCN(CCC#N)c1nc2ccc(C(=O)O)cc2o1. The zero-order valence-corrected chi connectivity index (χ0v) is 11.6. The normalized spacial score (nSPS) is 10.5. The van der Waals surface area contributed by atoms with Crippen molar-refractivity contribution in [3.63, 3.8) is 0 Å². The van der Waals surface area contributed by atoms with Crippen LogP contribution in [0.2, 0.25) is 0 Å². The van der Waals surface area contributed by atoms with Crippen molar-refractivity contribution in [1.82, 2.24) is 4.98 Å². The van der Waals surface area contributed by atoms with Gasteiger partial charge in [-0.15, -0.1) is 0 Å². The van der Waals surface area contributed by atoms with E-state index in [0.717, 1.165) is 0 Å². The van der Waals surface area contributed by atoms with Crippen molar-refractivity contribution in [1.29, 1.82) is 5.26 Å². The standard InChI is InChI=1S/C14H15N3O4/c1-20-8-7-17(6-2-5-15)14-16-11-4-3-10(13(18)19)9-12(11)21-14/h3-4,9H,2,6-8H2,1H3,(H,18,19). The van der Waals surface area contributed by atoms with Gasteiger partial charge in [0, 0.05) is 20.2 Å². The Balaban J connectivity index is 2.29. The zero-order chi connectivity index (χ0) is 15.2. The number of aromatic nitrogens is 1. The fourth-order valence-electron chi connectivity index (χ4n) is 1.87. The van der Waals surface area contributed by atoms with Gasteiger partial charge in [-0.1, -0.05) is 0 Å². The fourth-order valence-corrected chi connectivity index (χ4v) is 1.87. The van der Waals surface area contributed by atoms with Gasteiger partial charge in [-0.25, -0.2) is 4.79 Å². The van der Waals surface area contributed by atoms with Gasteiger partial charge in [0.15, 0.2) is 5.58 Å². The molecule has 0 spiro atoms. The summed E-state index contributed by atoms with van der Waals surface area (Å²) in [6.45, 7) is 1.49. The molecule has 0 fully saturated rings. The van der Waals surface area contributed by atoms with E-state index in [0.29, 0.717) is 43.2 Å². The summed E-state index contributed by atoms with van der Waals surface area (Å²) < 4.78 is 10.6. The number of carbonyl (C=O) groups is 1. The number of carboxylic acids is 1. The number of carboxylic acid groups (broad SMARTS) is 1. The Morgan fingerprint density at radius 1 is 1.52 bits per heavy atom. The summed E-state index contributed by atoms with van der Waals surface area (Å²) in [5, 5.41) is 17.7. The van der Waals surface area contributed by atoms with E-state index < -0.39 is 5.97 Å². The minimum atomic E-state index is -1.02. The third-order valence-electron chi connectivity index (χ3n) is 2.95. The molecule has 0 atom stereocenters. The molecule has 7 heteroatoms. The molecule has 110 valence electrons. The average molecular weight is 289 g/mol. The molecule has 7 nitrogen and oxygen atoms in total. The number of rotatable bonds is 7. The predicted octanol–water partition coefficient (Wildman–Crippen LogP) is 1.89.